The Hall–Kier alpha value is 0.440. The second kappa shape index (κ2) is 5.67. The molecule has 0 aromatic carbocycles. The standard InChI is InChI=1S/C13H24S2/c1-5-11-14-15-13(12(2,3)4)9-7-6-8-10-13/h5H,1,6-11H2,2-4H3. The first-order chi connectivity index (χ1) is 7.02. The quantitative estimate of drug-likeness (QED) is 0.374. The van der Waals surface area contributed by atoms with E-state index in [4.69, 9.17) is 0 Å². The Labute approximate surface area is 103 Å². The summed E-state index contributed by atoms with van der Waals surface area (Å²) >= 11 is 0. The van der Waals surface area contributed by atoms with Gasteiger partial charge in [0.15, 0.2) is 0 Å². The molecule has 0 atom stereocenters. The van der Waals surface area contributed by atoms with Gasteiger partial charge in [-0.1, -0.05) is 67.7 Å². The third-order valence-electron chi connectivity index (χ3n) is 3.43. The third kappa shape index (κ3) is 3.45. The molecule has 0 aliphatic heterocycles. The topological polar surface area (TPSA) is 0 Å². The zero-order chi connectivity index (χ0) is 11.4. The van der Waals surface area contributed by atoms with Gasteiger partial charge in [-0.05, 0) is 18.3 Å². The molecule has 88 valence electrons. The number of hydrogen-bond acceptors (Lipinski definition) is 2. The number of hydrogen-bond donors (Lipinski definition) is 0. The first-order valence-electron chi connectivity index (χ1n) is 5.93. The molecule has 0 spiro atoms. The summed E-state index contributed by atoms with van der Waals surface area (Å²) in [6.45, 7) is 11.0. The lowest BCUT2D eigenvalue weighted by atomic mass is 9.71. The van der Waals surface area contributed by atoms with E-state index in [0.29, 0.717) is 10.2 Å². The van der Waals surface area contributed by atoms with E-state index >= 15 is 0 Å². The maximum absolute atomic E-state index is 3.79. The Morgan fingerprint density at radius 3 is 2.27 bits per heavy atom. The van der Waals surface area contributed by atoms with Crippen LogP contribution in [0.2, 0.25) is 0 Å². The van der Waals surface area contributed by atoms with Crippen molar-refractivity contribution in [2.24, 2.45) is 5.41 Å². The Morgan fingerprint density at radius 2 is 1.80 bits per heavy atom. The van der Waals surface area contributed by atoms with Crippen molar-refractivity contribution in [3.8, 4) is 0 Å². The van der Waals surface area contributed by atoms with E-state index in [2.05, 4.69) is 38.1 Å². The summed E-state index contributed by atoms with van der Waals surface area (Å²) in [6, 6.07) is 0. The second-order valence-corrected chi connectivity index (χ2v) is 8.19. The molecule has 1 rings (SSSR count). The van der Waals surface area contributed by atoms with Crippen molar-refractivity contribution < 1.29 is 0 Å². The lowest BCUT2D eigenvalue weighted by molar-refractivity contribution is 0.219. The molecule has 0 aromatic heterocycles. The van der Waals surface area contributed by atoms with Crippen LogP contribution in [0.5, 0.6) is 0 Å². The van der Waals surface area contributed by atoms with Crippen molar-refractivity contribution in [3.05, 3.63) is 12.7 Å². The lowest BCUT2D eigenvalue weighted by Crippen LogP contribution is -2.40. The fourth-order valence-corrected chi connectivity index (χ4v) is 5.79. The normalized spacial score (nSPS) is 21.3. The molecule has 1 aliphatic rings. The monoisotopic (exact) mass is 244 g/mol. The highest BCUT2D eigenvalue weighted by Crippen LogP contribution is 2.55. The van der Waals surface area contributed by atoms with E-state index in [1.54, 1.807) is 0 Å². The van der Waals surface area contributed by atoms with Crippen LogP contribution >= 0.6 is 21.6 Å². The molecule has 0 radical (unpaired) electrons. The van der Waals surface area contributed by atoms with Crippen molar-refractivity contribution in [1.82, 2.24) is 0 Å². The lowest BCUT2D eigenvalue weighted by Gasteiger charge is -2.46. The van der Waals surface area contributed by atoms with Gasteiger partial charge in [-0.3, -0.25) is 0 Å². The van der Waals surface area contributed by atoms with Crippen LogP contribution in [0.3, 0.4) is 0 Å². The van der Waals surface area contributed by atoms with Gasteiger partial charge >= 0.3 is 0 Å². The smallest absolute Gasteiger partial charge is 0.0312 e. The summed E-state index contributed by atoms with van der Waals surface area (Å²) < 4.78 is 0.499. The Morgan fingerprint density at radius 1 is 1.20 bits per heavy atom. The van der Waals surface area contributed by atoms with E-state index in [1.807, 2.05) is 16.9 Å². The molecule has 0 amide bonds. The zero-order valence-electron chi connectivity index (χ0n) is 10.3. The summed E-state index contributed by atoms with van der Waals surface area (Å²) in [7, 11) is 4.11. The van der Waals surface area contributed by atoms with Crippen LogP contribution < -0.4 is 0 Å². The van der Waals surface area contributed by atoms with E-state index < -0.39 is 0 Å². The van der Waals surface area contributed by atoms with Crippen LogP contribution in [0, 0.1) is 5.41 Å². The average molecular weight is 244 g/mol. The van der Waals surface area contributed by atoms with Gasteiger partial charge in [0.05, 0.1) is 0 Å². The highest BCUT2D eigenvalue weighted by Gasteiger charge is 2.43. The maximum atomic E-state index is 3.79. The molecule has 15 heavy (non-hydrogen) atoms. The van der Waals surface area contributed by atoms with Crippen molar-refractivity contribution in [3.63, 3.8) is 0 Å². The van der Waals surface area contributed by atoms with E-state index in [9.17, 15) is 0 Å². The van der Waals surface area contributed by atoms with Gasteiger partial charge in [-0.15, -0.1) is 6.58 Å². The third-order valence-corrected chi connectivity index (χ3v) is 6.98. The molecular formula is C13H24S2. The first kappa shape index (κ1) is 13.5. The Balaban J connectivity index is 2.63. The van der Waals surface area contributed by atoms with Gasteiger partial charge in [0.2, 0.25) is 0 Å². The highest BCUT2D eigenvalue weighted by atomic mass is 33.1. The predicted molar refractivity (Wildman–Crippen MR) is 75.5 cm³/mol. The fraction of sp³-hybridized carbons (Fsp3) is 0.846. The van der Waals surface area contributed by atoms with E-state index in [0.717, 1.165) is 5.75 Å². The van der Waals surface area contributed by atoms with E-state index in [-0.39, 0.29) is 0 Å². The second-order valence-electron chi connectivity index (χ2n) is 5.46. The minimum Gasteiger partial charge on any atom is -0.102 e. The Kier molecular flexibility index (Phi) is 5.11. The highest BCUT2D eigenvalue weighted by molar-refractivity contribution is 8.77. The molecule has 2 heteroatoms. The van der Waals surface area contributed by atoms with Crippen LogP contribution in [0.15, 0.2) is 12.7 Å². The summed E-state index contributed by atoms with van der Waals surface area (Å²) in [5.41, 5.74) is 0.423. The Bertz CT molecular complexity index is 197. The molecule has 0 heterocycles. The van der Waals surface area contributed by atoms with Gasteiger partial charge in [-0.2, -0.15) is 0 Å². The predicted octanol–water partition coefficient (Wildman–Crippen LogP) is 5.30. The van der Waals surface area contributed by atoms with Crippen molar-refractivity contribution >= 4 is 21.6 Å². The van der Waals surface area contributed by atoms with Gasteiger partial charge in [0, 0.05) is 10.5 Å². The molecule has 0 aromatic rings. The summed E-state index contributed by atoms with van der Waals surface area (Å²) in [6.07, 6.45) is 9.07. The van der Waals surface area contributed by atoms with Gasteiger partial charge in [0.25, 0.3) is 0 Å². The molecule has 0 saturated heterocycles. The SMILES string of the molecule is C=CCSSC1(C(C)(C)C)CCCCC1. The van der Waals surface area contributed by atoms with Crippen LogP contribution in [0.4, 0.5) is 0 Å². The molecular weight excluding hydrogens is 220 g/mol. The summed E-state index contributed by atoms with van der Waals surface area (Å²) in [4.78, 5) is 0. The summed E-state index contributed by atoms with van der Waals surface area (Å²) in [5.74, 6) is 1.07. The van der Waals surface area contributed by atoms with Crippen LogP contribution in [-0.2, 0) is 0 Å². The average Bonchev–Trinajstić information content (AvgIpc) is 2.18. The summed E-state index contributed by atoms with van der Waals surface area (Å²) in [5, 5.41) is 0. The van der Waals surface area contributed by atoms with E-state index in [1.165, 1.54) is 32.1 Å². The van der Waals surface area contributed by atoms with Crippen molar-refractivity contribution in [2.45, 2.75) is 57.6 Å². The van der Waals surface area contributed by atoms with Crippen LogP contribution in [0.25, 0.3) is 0 Å². The minimum absolute atomic E-state index is 0.423. The molecule has 0 unspecified atom stereocenters. The maximum Gasteiger partial charge on any atom is 0.0312 e. The first-order valence-corrected chi connectivity index (χ1v) is 8.25. The van der Waals surface area contributed by atoms with Crippen molar-refractivity contribution in [2.75, 3.05) is 5.75 Å². The molecule has 0 bridgehead atoms. The van der Waals surface area contributed by atoms with Gasteiger partial charge < -0.3 is 0 Å². The molecule has 0 N–H and O–H groups in total. The molecule has 1 fully saturated rings. The molecule has 0 nitrogen and oxygen atoms in total. The largest absolute Gasteiger partial charge is 0.102 e. The van der Waals surface area contributed by atoms with Gasteiger partial charge in [-0.25, -0.2) is 0 Å². The van der Waals surface area contributed by atoms with Crippen LogP contribution in [0.1, 0.15) is 52.9 Å². The van der Waals surface area contributed by atoms with Gasteiger partial charge in [0.1, 0.15) is 0 Å². The molecule has 1 aliphatic carbocycles. The molecule has 1 saturated carbocycles. The fourth-order valence-electron chi connectivity index (χ4n) is 2.28. The zero-order valence-corrected chi connectivity index (χ0v) is 12.0. The minimum atomic E-state index is 0.423. The van der Waals surface area contributed by atoms with Crippen molar-refractivity contribution in [1.29, 1.82) is 0 Å². The van der Waals surface area contributed by atoms with Crippen LogP contribution in [-0.4, -0.2) is 10.5 Å². The number of rotatable bonds is 4.